The zero-order valence-corrected chi connectivity index (χ0v) is 22.8. The van der Waals surface area contributed by atoms with Crippen molar-refractivity contribution in [2.45, 2.75) is 97.2 Å². The number of rotatable bonds is 7. The normalized spacial score (nSPS) is 24.5. The van der Waals surface area contributed by atoms with Crippen molar-refractivity contribution >= 4 is 12.7 Å². The Bertz CT molecular complexity index is 740. The Morgan fingerprint density at radius 2 is 1.66 bits per heavy atom. The summed E-state index contributed by atoms with van der Waals surface area (Å²) in [4.78, 5) is 27.9. The lowest BCUT2D eigenvalue weighted by Crippen LogP contribution is -2.54. The fraction of sp³-hybridized carbons (Fsp3) is 0.667. The van der Waals surface area contributed by atoms with Crippen LogP contribution >= 0.6 is 0 Å². The number of hydrogen-bond donors (Lipinski definition) is 0. The van der Waals surface area contributed by atoms with Crippen molar-refractivity contribution in [2.75, 3.05) is 26.2 Å². The monoisotopic (exact) mass is 483 g/mol. The zero-order chi connectivity index (χ0) is 25.8. The smallest absolute Gasteiger partial charge is 0.222 e. The number of amides is 1. The number of carbonyl (C=O) groups is 2. The molecule has 0 spiro atoms. The third-order valence-corrected chi connectivity index (χ3v) is 7.70. The third-order valence-electron chi connectivity index (χ3n) is 7.70. The molecule has 196 valence electrons. The summed E-state index contributed by atoms with van der Waals surface area (Å²) in [6.45, 7) is 18.8. The second-order valence-corrected chi connectivity index (χ2v) is 10.5. The number of piperazine rings is 1. The number of nitrogens with zero attached hydrogens (tertiary/aromatic N) is 3. The van der Waals surface area contributed by atoms with Gasteiger partial charge in [-0.1, -0.05) is 48.9 Å². The molecular formula is C30H49N3O2. The molecule has 5 nitrogen and oxygen atoms in total. The van der Waals surface area contributed by atoms with Gasteiger partial charge in [-0.05, 0) is 84.4 Å². The second kappa shape index (κ2) is 15.1. The summed E-state index contributed by atoms with van der Waals surface area (Å²) in [6.07, 6.45) is 11.6. The molecular weight excluding hydrogens is 434 g/mol. The first-order valence-corrected chi connectivity index (χ1v) is 13.7. The molecule has 1 amide bonds. The maximum Gasteiger partial charge on any atom is 0.222 e. The van der Waals surface area contributed by atoms with Crippen LogP contribution in [0.5, 0.6) is 0 Å². The molecule has 0 radical (unpaired) electrons. The highest BCUT2D eigenvalue weighted by Crippen LogP contribution is 2.41. The van der Waals surface area contributed by atoms with E-state index in [1.54, 1.807) is 0 Å². The van der Waals surface area contributed by atoms with Gasteiger partial charge in [-0.15, -0.1) is 0 Å². The highest BCUT2D eigenvalue weighted by Gasteiger charge is 2.39. The fourth-order valence-electron chi connectivity index (χ4n) is 5.66. The second-order valence-electron chi connectivity index (χ2n) is 10.5. The first kappa shape index (κ1) is 29.1. The molecule has 1 aromatic carbocycles. The van der Waals surface area contributed by atoms with Crippen molar-refractivity contribution in [3.05, 3.63) is 48.2 Å². The lowest BCUT2D eigenvalue weighted by atomic mass is 9.90. The van der Waals surface area contributed by atoms with E-state index < -0.39 is 0 Å². The van der Waals surface area contributed by atoms with E-state index in [-0.39, 0.29) is 0 Å². The van der Waals surface area contributed by atoms with Gasteiger partial charge in [-0.2, -0.15) is 0 Å². The molecule has 5 heteroatoms. The molecule has 2 saturated heterocycles. The van der Waals surface area contributed by atoms with E-state index in [2.05, 4.69) is 79.4 Å². The van der Waals surface area contributed by atoms with Crippen molar-refractivity contribution in [3.8, 4) is 0 Å². The van der Waals surface area contributed by atoms with Gasteiger partial charge in [0, 0.05) is 44.2 Å². The molecule has 1 aromatic rings. The van der Waals surface area contributed by atoms with Gasteiger partial charge in [-0.3, -0.25) is 9.69 Å². The van der Waals surface area contributed by atoms with Gasteiger partial charge in [0.1, 0.15) is 6.79 Å². The van der Waals surface area contributed by atoms with Gasteiger partial charge in [0.25, 0.3) is 0 Å². The van der Waals surface area contributed by atoms with E-state index in [0.29, 0.717) is 30.5 Å². The van der Waals surface area contributed by atoms with Gasteiger partial charge in [0.15, 0.2) is 0 Å². The number of piperidine rings is 1. The molecule has 1 aliphatic carbocycles. The molecule has 35 heavy (non-hydrogen) atoms. The quantitative estimate of drug-likeness (QED) is 0.506. The minimum atomic E-state index is 0.355. The highest BCUT2D eigenvalue weighted by molar-refractivity contribution is 5.76. The van der Waals surface area contributed by atoms with Crippen LogP contribution in [-0.4, -0.2) is 71.7 Å². The molecule has 0 N–H and O–H groups in total. The first-order chi connectivity index (χ1) is 16.9. The Morgan fingerprint density at radius 3 is 2.17 bits per heavy atom. The third kappa shape index (κ3) is 9.10. The average molecular weight is 484 g/mol. The van der Waals surface area contributed by atoms with Crippen LogP contribution in [0.1, 0.15) is 76.3 Å². The molecule has 2 aliphatic heterocycles. The summed E-state index contributed by atoms with van der Waals surface area (Å²) in [7, 11) is 0. The zero-order valence-electron chi connectivity index (χ0n) is 22.8. The van der Waals surface area contributed by atoms with Gasteiger partial charge in [0.2, 0.25) is 5.91 Å². The summed E-state index contributed by atoms with van der Waals surface area (Å²) in [6, 6.07) is 10.1. The van der Waals surface area contributed by atoms with Crippen molar-refractivity contribution in [1.29, 1.82) is 0 Å². The summed E-state index contributed by atoms with van der Waals surface area (Å²) >= 11 is 0. The molecule has 2 heterocycles. The predicted molar refractivity (Wildman–Crippen MR) is 146 cm³/mol. The van der Waals surface area contributed by atoms with Crippen LogP contribution in [-0.2, 0) is 9.59 Å². The maximum atomic E-state index is 12.8. The number of benzene rings is 1. The van der Waals surface area contributed by atoms with Crippen molar-refractivity contribution in [2.24, 2.45) is 5.92 Å². The predicted octanol–water partition coefficient (Wildman–Crippen LogP) is 5.60. The van der Waals surface area contributed by atoms with Crippen molar-refractivity contribution < 1.29 is 9.59 Å². The summed E-state index contributed by atoms with van der Waals surface area (Å²) < 4.78 is 0. The van der Waals surface area contributed by atoms with E-state index in [9.17, 15) is 4.79 Å². The molecule has 3 aliphatic rings. The van der Waals surface area contributed by atoms with Crippen molar-refractivity contribution in [1.82, 2.24) is 14.7 Å². The first-order valence-electron chi connectivity index (χ1n) is 13.7. The van der Waals surface area contributed by atoms with E-state index >= 15 is 0 Å². The molecule has 3 fully saturated rings. The topological polar surface area (TPSA) is 43.9 Å². The molecule has 0 bridgehead atoms. The molecule has 3 atom stereocenters. The lowest BCUT2D eigenvalue weighted by molar-refractivity contribution is -0.136. The Balaban J connectivity index is 0.000000363. The number of hydrogen-bond acceptors (Lipinski definition) is 4. The standard InChI is InChI=1S/C21H37N3O.C8H10.CH2O/c1-4-13-22-14-15-24(17(3)16-22)21(25)12-11-19-7-6-8-20(18-9-10-18)23(19)5-2;1-7-3-5-8(2)6-4-7;1-2/h5,17-20H,2,4,6-16H2,1,3H3;3-6H,1-2H3;1H2. The van der Waals surface area contributed by atoms with E-state index in [0.717, 1.165) is 38.5 Å². The van der Waals surface area contributed by atoms with Crippen LogP contribution < -0.4 is 0 Å². The van der Waals surface area contributed by atoms with Crippen LogP contribution in [0, 0.1) is 19.8 Å². The maximum absolute atomic E-state index is 12.8. The Hall–Kier alpha value is -2.14. The van der Waals surface area contributed by atoms with E-state index in [1.165, 1.54) is 49.7 Å². The van der Waals surface area contributed by atoms with Gasteiger partial charge < -0.3 is 14.6 Å². The summed E-state index contributed by atoms with van der Waals surface area (Å²) in [5, 5.41) is 0. The highest BCUT2D eigenvalue weighted by atomic mass is 16.2. The molecule has 3 unspecified atom stereocenters. The van der Waals surface area contributed by atoms with Crippen molar-refractivity contribution in [3.63, 3.8) is 0 Å². The van der Waals surface area contributed by atoms with Crippen LogP contribution in [0.25, 0.3) is 0 Å². The number of carbonyl (C=O) groups excluding carboxylic acids is 2. The SMILES string of the molecule is C=CN1C(CCC(=O)N2CCN(CCC)CC2C)CCCC1C1CC1.C=O.Cc1ccc(C)cc1. The average Bonchev–Trinajstić information content (AvgIpc) is 3.71. The van der Waals surface area contributed by atoms with Crippen LogP contribution in [0.15, 0.2) is 37.0 Å². The van der Waals surface area contributed by atoms with Crippen LogP contribution in [0.4, 0.5) is 0 Å². The Labute approximate surface area is 214 Å². The summed E-state index contributed by atoms with van der Waals surface area (Å²) in [5.41, 5.74) is 2.66. The van der Waals surface area contributed by atoms with Crippen LogP contribution in [0.3, 0.4) is 0 Å². The van der Waals surface area contributed by atoms with E-state index in [1.807, 2.05) is 6.79 Å². The van der Waals surface area contributed by atoms with E-state index in [4.69, 9.17) is 4.79 Å². The molecule has 4 rings (SSSR count). The minimum absolute atomic E-state index is 0.355. The van der Waals surface area contributed by atoms with Gasteiger partial charge in [0.05, 0.1) is 0 Å². The fourth-order valence-corrected chi connectivity index (χ4v) is 5.66. The molecule has 0 aromatic heterocycles. The summed E-state index contributed by atoms with van der Waals surface area (Å²) in [5.74, 6) is 1.25. The Kier molecular flexibility index (Phi) is 12.5. The van der Waals surface area contributed by atoms with Gasteiger partial charge >= 0.3 is 0 Å². The van der Waals surface area contributed by atoms with Crippen LogP contribution in [0.2, 0.25) is 0 Å². The lowest BCUT2D eigenvalue weighted by Gasteiger charge is -2.43. The number of likely N-dealkylation sites (tertiary alicyclic amines) is 1. The minimum Gasteiger partial charge on any atom is -0.372 e. The number of aryl methyl sites for hydroxylation is 2. The van der Waals surface area contributed by atoms with Gasteiger partial charge in [-0.25, -0.2) is 0 Å². The largest absolute Gasteiger partial charge is 0.372 e. The molecule has 1 saturated carbocycles. The Morgan fingerprint density at radius 1 is 1.03 bits per heavy atom.